The van der Waals surface area contributed by atoms with E-state index in [-0.39, 0.29) is 12.0 Å². The molecule has 4 nitrogen and oxygen atoms in total. The second kappa shape index (κ2) is 6.15. The van der Waals surface area contributed by atoms with Gasteiger partial charge in [-0.2, -0.15) is 0 Å². The molecular formula is C15H18N2O2S. The number of hydrogen-bond donors (Lipinski definition) is 2. The van der Waals surface area contributed by atoms with Crippen LogP contribution in [0.5, 0.6) is 0 Å². The molecule has 0 spiro atoms. The molecule has 2 N–H and O–H groups in total. The number of carboxylic acids is 1. The third-order valence-corrected chi connectivity index (χ3v) is 4.18. The highest BCUT2D eigenvalue weighted by Crippen LogP contribution is 2.22. The van der Waals surface area contributed by atoms with Crippen molar-refractivity contribution in [1.82, 2.24) is 10.3 Å². The largest absolute Gasteiger partial charge is 0.481 e. The van der Waals surface area contributed by atoms with Crippen LogP contribution in [0.15, 0.2) is 35.8 Å². The van der Waals surface area contributed by atoms with E-state index in [9.17, 15) is 4.79 Å². The van der Waals surface area contributed by atoms with Crippen LogP contribution in [-0.4, -0.2) is 16.1 Å². The van der Waals surface area contributed by atoms with E-state index in [1.165, 1.54) is 0 Å². The molecule has 0 aliphatic carbocycles. The Bertz CT molecular complexity index is 562. The van der Waals surface area contributed by atoms with Crippen LogP contribution in [0.25, 0.3) is 0 Å². The normalized spacial score (nSPS) is 11.5. The Kier molecular flexibility index (Phi) is 4.52. The van der Waals surface area contributed by atoms with E-state index in [0.29, 0.717) is 0 Å². The van der Waals surface area contributed by atoms with Crippen molar-refractivity contribution in [3.05, 3.63) is 52.0 Å². The van der Waals surface area contributed by atoms with Crippen molar-refractivity contribution in [3.63, 3.8) is 0 Å². The quantitative estimate of drug-likeness (QED) is 0.858. The number of hydrogen-bond acceptors (Lipinski definition) is 4. The number of rotatable bonds is 6. The van der Waals surface area contributed by atoms with Crippen molar-refractivity contribution in [1.29, 1.82) is 0 Å². The highest BCUT2D eigenvalue weighted by molar-refractivity contribution is 7.09. The van der Waals surface area contributed by atoms with Gasteiger partial charge in [0.2, 0.25) is 0 Å². The topological polar surface area (TPSA) is 62.2 Å². The summed E-state index contributed by atoms with van der Waals surface area (Å²) in [4.78, 5) is 15.0. The maximum Gasteiger partial charge on any atom is 0.307 e. The van der Waals surface area contributed by atoms with Crippen LogP contribution in [-0.2, 0) is 23.3 Å². The first-order chi connectivity index (χ1) is 9.47. The summed E-state index contributed by atoms with van der Waals surface area (Å²) in [5.41, 5.74) is 1.78. The molecule has 1 aromatic heterocycles. The van der Waals surface area contributed by atoms with E-state index in [1.807, 2.05) is 35.8 Å². The third-order valence-electron chi connectivity index (χ3n) is 3.08. The van der Waals surface area contributed by atoms with Gasteiger partial charge in [0.1, 0.15) is 5.01 Å². The molecule has 0 amide bonds. The summed E-state index contributed by atoms with van der Waals surface area (Å²) < 4.78 is 0. The first-order valence-electron chi connectivity index (χ1n) is 6.42. The van der Waals surface area contributed by atoms with E-state index in [2.05, 4.69) is 24.1 Å². The van der Waals surface area contributed by atoms with Gasteiger partial charge in [-0.3, -0.25) is 4.79 Å². The molecule has 20 heavy (non-hydrogen) atoms. The Morgan fingerprint density at radius 3 is 2.50 bits per heavy atom. The number of nitrogens with zero attached hydrogens (tertiary/aromatic N) is 1. The lowest BCUT2D eigenvalue weighted by molar-refractivity contribution is -0.136. The van der Waals surface area contributed by atoms with Crippen molar-refractivity contribution in [2.45, 2.75) is 32.4 Å². The first kappa shape index (κ1) is 14.7. The Morgan fingerprint density at radius 2 is 1.95 bits per heavy atom. The van der Waals surface area contributed by atoms with Crippen LogP contribution in [0.2, 0.25) is 0 Å². The molecule has 0 aliphatic rings. The fraction of sp³-hybridized carbons (Fsp3) is 0.333. The lowest BCUT2D eigenvalue weighted by atomic mass is 10.1. The summed E-state index contributed by atoms with van der Waals surface area (Å²) in [6, 6.07) is 7.65. The third kappa shape index (κ3) is 3.88. The average molecular weight is 290 g/mol. The maximum atomic E-state index is 10.6. The molecule has 0 radical (unpaired) electrons. The molecule has 0 aliphatic heterocycles. The number of nitrogens with one attached hydrogen (secondary N) is 1. The van der Waals surface area contributed by atoms with Gasteiger partial charge < -0.3 is 10.4 Å². The van der Waals surface area contributed by atoms with Crippen molar-refractivity contribution in [3.8, 4) is 0 Å². The molecule has 2 rings (SSSR count). The summed E-state index contributed by atoms with van der Waals surface area (Å²) in [6.07, 6.45) is 1.88. The number of benzene rings is 1. The molecular weight excluding hydrogens is 272 g/mol. The summed E-state index contributed by atoms with van der Waals surface area (Å²) in [5, 5.41) is 15.2. The monoisotopic (exact) mass is 290 g/mol. The lowest BCUT2D eigenvalue weighted by Crippen LogP contribution is -2.35. The fourth-order valence-corrected chi connectivity index (χ4v) is 2.62. The smallest absolute Gasteiger partial charge is 0.307 e. The van der Waals surface area contributed by atoms with Crippen LogP contribution < -0.4 is 5.32 Å². The zero-order valence-electron chi connectivity index (χ0n) is 11.6. The number of carbonyl (C=O) groups is 1. The predicted octanol–water partition coefficient (Wildman–Crippen LogP) is 2.80. The van der Waals surface area contributed by atoms with Gasteiger partial charge in [-0.15, -0.1) is 11.3 Å². The van der Waals surface area contributed by atoms with E-state index in [4.69, 9.17) is 5.11 Å². The number of aliphatic carboxylic acids is 1. The highest BCUT2D eigenvalue weighted by atomic mass is 32.1. The van der Waals surface area contributed by atoms with Crippen LogP contribution in [0.1, 0.15) is 30.0 Å². The van der Waals surface area contributed by atoms with Crippen LogP contribution >= 0.6 is 11.3 Å². The van der Waals surface area contributed by atoms with E-state index in [1.54, 1.807) is 11.3 Å². The maximum absolute atomic E-state index is 10.6. The van der Waals surface area contributed by atoms with Gasteiger partial charge in [-0.25, -0.2) is 4.98 Å². The van der Waals surface area contributed by atoms with E-state index in [0.717, 1.165) is 22.7 Å². The standard InChI is InChI=1S/C15H18N2O2S/c1-15(2,14-16-7-8-20-14)17-10-12-5-3-11(4-6-12)9-13(18)19/h3-8,17H,9-10H2,1-2H3,(H,18,19). The molecule has 0 saturated heterocycles. The van der Waals surface area contributed by atoms with E-state index >= 15 is 0 Å². The lowest BCUT2D eigenvalue weighted by Gasteiger charge is -2.24. The molecule has 2 aromatic rings. The van der Waals surface area contributed by atoms with Gasteiger partial charge in [0, 0.05) is 18.1 Å². The van der Waals surface area contributed by atoms with E-state index < -0.39 is 5.97 Å². The molecule has 0 fully saturated rings. The molecule has 0 unspecified atom stereocenters. The number of thiazole rings is 1. The summed E-state index contributed by atoms with van der Waals surface area (Å²) >= 11 is 1.64. The summed E-state index contributed by atoms with van der Waals surface area (Å²) in [6.45, 7) is 4.93. The minimum absolute atomic E-state index is 0.0678. The summed E-state index contributed by atoms with van der Waals surface area (Å²) in [7, 11) is 0. The minimum atomic E-state index is -0.805. The van der Waals surface area contributed by atoms with Crippen molar-refractivity contribution >= 4 is 17.3 Å². The second-order valence-electron chi connectivity index (χ2n) is 5.20. The fourth-order valence-electron chi connectivity index (χ4n) is 1.88. The first-order valence-corrected chi connectivity index (χ1v) is 7.30. The van der Waals surface area contributed by atoms with Crippen LogP contribution in [0, 0.1) is 0 Å². The minimum Gasteiger partial charge on any atom is -0.481 e. The molecule has 5 heteroatoms. The number of aromatic nitrogens is 1. The average Bonchev–Trinajstić information content (AvgIpc) is 2.92. The Morgan fingerprint density at radius 1 is 1.30 bits per heavy atom. The zero-order valence-corrected chi connectivity index (χ0v) is 12.4. The molecule has 0 saturated carbocycles. The molecule has 1 aromatic carbocycles. The Hall–Kier alpha value is -1.72. The number of carboxylic acid groups (broad SMARTS) is 1. The van der Waals surface area contributed by atoms with Gasteiger partial charge >= 0.3 is 5.97 Å². The molecule has 1 heterocycles. The Balaban J connectivity index is 1.95. The van der Waals surface area contributed by atoms with Crippen LogP contribution in [0.4, 0.5) is 0 Å². The van der Waals surface area contributed by atoms with Crippen molar-refractivity contribution in [2.75, 3.05) is 0 Å². The second-order valence-corrected chi connectivity index (χ2v) is 6.10. The van der Waals surface area contributed by atoms with Crippen LogP contribution in [0.3, 0.4) is 0 Å². The molecule has 106 valence electrons. The van der Waals surface area contributed by atoms with Gasteiger partial charge in [0.05, 0.1) is 12.0 Å². The van der Waals surface area contributed by atoms with Crippen molar-refractivity contribution < 1.29 is 9.90 Å². The molecule has 0 atom stereocenters. The molecule has 0 bridgehead atoms. The highest BCUT2D eigenvalue weighted by Gasteiger charge is 2.22. The van der Waals surface area contributed by atoms with Gasteiger partial charge in [0.15, 0.2) is 0 Å². The summed E-state index contributed by atoms with van der Waals surface area (Å²) in [5.74, 6) is -0.805. The van der Waals surface area contributed by atoms with Crippen molar-refractivity contribution in [2.24, 2.45) is 0 Å². The zero-order chi connectivity index (χ0) is 14.6. The predicted molar refractivity (Wildman–Crippen MR) is 79.8 cm³/mol. The SMILES string of the molecule is CC(C)(NCc1ccc(CC(=O)O)cc1)c1nccs1. The van der Waals surface area contributed by atoms with Gasteiger partial charge in [-0.05, 0) is 25.0 Å². The Labute approximate surface area is 122 Å². The van der Waals surface area contributed by atoms with Gasteiger partial charge in [0.25, 0.3) is 0 Å². The van der Waals surface area contributed by atoms with Gasteiger partial charge in [-0.1, -0.05) is 24.3 Å².